The average molecular weight is 396 g/mol. The molecule has 7 nitrogen and oxygen atoms in total. The molecule has 0 N–H and O–H groups in total. The van der Waals surface area contributed by atoms with E-state index in [4.69, 9.17) is 4.74 Å². The van der Waals surface area contributed by atoms with E-state index in [9.17, 15) is 9.59 Å². The number of likely N-dealkylation sites (N-methyl/N-ethyl adjacent to an activating group) is 1. The topological polar surface area (TPSA) is 66.0 Å². The summed E-state index contributed by atoms with van der Waals surface area (Å²) in [5, 5.41) is 0. The Hall–Kier alpha value is -2.93. The molecule has 1 aromatic carbocycles. The van der Waals surface area contributed by atoms with Gasteiger partial charge in [0.1, 0.15) is 0 Å². The van der Waals surface area contributed by atoms with Gasteiger partial charge in [0.2, 0.25) is 0 Å². The molecule has 0 saturated carbocycles. The number of carbonyl (C=O) groups is 2. The first-order chi connectivity index (χ1) is 14.0. The molecule has 1 aliphatic heterocycles. The van der Waals surface area contributed by atoms with Gasteiger partial charge < -0.3 is 14.5 Å². The summed E-state index contributed by atoms with van der Waals surface area (Å²) >= 11 is 0. The zero-order chi connectivity index (χ0) is 20.8. The van der Waals surface area contributed by atoms with Gasteiger partial charge in [0.25, 0.3) is 0 Å². The van der Waals surface area contributed by atoms with Crippen molar-refractivity contribution in [3.05, 3.63) is 59.4 Å². The molecule has 2 heterocycles. The number of urea groups is 1. The summed E-state index contributed by atoms with van der Waals surface area (Å²) in [5.41, 5.74) is 3.08. The average Bonchev–Trinajstić information content (AvgIpc) is 2.73. The molecule has 7 heteroatoms. The highest BCUT2D eigenvalue weighted by atomic mass is 16.5. The van der Waals surface area contributed by atoms with Crippen molar-refractivity contribution in [1.29, 1.82) is 0 Å². The number of nitrogens with zero attached hydrogens (tertiary/aromatic N) is 4. The quantitative estimate of drug-likeness (QED) is 0.727. The molecule has 0 radical (unpaired) electrons. The van der Waals surface area contributed by atoms with Gasteiger partial charge in [-0.1, -0.05) is 17.7 Å². The van der Waals surface area contributed by atoms with E-state index in [1.54, 1.807) is 24.0 Å². The van der Waals surface area contributed by atoms with E-state index in [0.717, 1.165) is 24.3 Å². The van der Waals surface area contributed by atoms with Gasteiger partial charge in [-0.05, 0) is 45.2 Å². The van der Waals surface area contributed by atoms with Crippen LogP contribution in [0.25, 0.3) is 0 Å². The molecule has 0 atom stereocenters. The number of hydrogen-bond donors (Lipinski definition) is 0. The van der Waals surface area contributed by atoms with E-state index in [-0.39, 0.29) is 6.03 Å². The Morgan fingerprint density at radius 3 is 2.34 bits per heavy atom. The Morgan fingerprint density at radius 2 is 1.76 bits per heavy atom. The molecule has 1 fully saturated rings. The van der Waals surface area contributed by atoms with Crippen molar-refractivity contribution in [1.82, 2.24) is 14.8 Å². The van der Waals surface area contributed by atoms with Crippen LogP contribution in [-0.2, 0) is 11.3 Å². The van der Waals surface area contributed by atoms with Crippen LogP contribution >= 0.6 is 0 Å². The predicted molar refractivity (Wildman–Crippen MR) is 112 cm³/mol. The lowest BCUT2D eigenvalue weighted by Crippen LogP contribution is -2.52. The SMILES string of the molecule is CCOC(=O)c1ccc(CN(C(=O)N2CCN(C)CC2)c2ccc(C)cc2)nc1. The van der Waals surface area contributed by atoms with Crippen LogP contribution in [0.1, 0.15) is 28.5 Å². The lowest BCUT2D eigenvalue weighted by molar-refractivity contribution is 0.0526. The summed E-state index contributed by atoms with van der Waals surface area (Å²) in [6.45, 7) is 7.56. The van der Waals surface area contributed by atoms with Crippen LogP contribution in [0.3, 0.4) is 0 Å². The van der Waals surface area contributed by atoms with Crippen molar-refractivity contribution >= 4 is 17.7 Å². The molecule has 0 unspecified atom stereocenters. The third-order valence-electron chi connectivity index (χ3n) is 5.01. The van der Waals surface area contributed by atoms with Crippen LogP contribution in [0, 0.1) is 6.92 Å². The number of hydrogen-bond acceptors (Lipinski definition) is 5. The fourth-order valence-corrected chi connectivity index (χ4v) is 3.18. The van der Waals surface area contributed by atoms with Crippen molar-refractivity contribution in [2.24, 2.45) is 0 Å². The molecule has 29 heavy (non-hydrogen) atoms. The highest BCUT2D eigenvalue weighted by Crippen LogP contribution is 2.20. The highest BCUT2D eigenvalue weighted by Gasteiger charge is 2.25. The van der Waals surface area contributed by atoms with Gasteiger partial charge in [-0.15, -0.1) is 0 Å². The van der Waals surface area contributed by atoms with Gasteiger partial charge in [-0.2, -0.15) is 0 Å². The molecule has 1 aliphatic rings. The molecule has 1 saturated heterocycles. The summed E-state index contributed by atoms with van der Waals surface area (Å²) in [7, 11) is 2.06. The van der Waals surface area contributed by atoms with Crippen LogP contribution in [0.4, 0.5) is 10.5 Å². The number of carbonyl (C=O) groups excluding carboxylic acids is 2. The number of esters is 1. The molecular weight excluding hydrogens is 368 g/mol. The second-order valence-corrected chi connectivity index (χ2v) is 7.25. The number of pyridine rings is 1. The third kappa shape index (κ3) is 5.32. The van der Waals surface area contributed by atoms with E-state index in [1.807, 2.05) is 36.1 Å². The molecule has 1 aromatic heterocycles. The lowest BCUT2D eigenvalue weighted by atomic mass is 10.2. The minimum absolute atomic E-state index is 0.0294. The number of benzene rings is 1. The van der Waals surface area contributed by atoms with Crippen LogP contribution in [0.15, 0.2) is 42.6 Å². The fourth-order valence-electron chi connectivity index (χ4n) is 3.18. The third-order valence-corrected chi connectivity index (χ3v) is 5.01. The van der Waals surface area contributed by atoms with Crippen LogP contribution in [-0.4, -0.2) is 66.6 Å². The number of aryl methyl sites for hydroxylation is 1. The van der Waals surface area contributed by atoms with Crippen LogP contribution in [0.5, 0.6) is 0 Å². The summed E-state index contributed by atoms with van der Waals surface area (Å²) in [5.74, 6) is -0.393. The van der Waals surface area contributed by atoms with Crippen molar-refractivity contribution in [3.8, 4) is 0 Å². The van der Waals surface area contributed by atoms with Crippen molar-refractivity contribution in [2.75, 3.05) is 44.7 Å². The van der Waals surface area contributed by atoms with E-state index in [2.05, 4.69) is 16.9 Å². The predicted octanol–water partition coefficient (Wildman–Crippen LogP) is 2.94. The normalized spacial score (nSPS) is 14.5. The molecule has 154 valence electrons. The number of aromatic nitrogens is 1. The monoisotopic (exact) mass is 396 g/mol. The molecule has 0 bridgehead atoms. The first-order valence-electron chi connectivity index (χ1n) is 9.91. The Labute approximate surface area is 171 Å². The number of anilines is 1. The van der Waals surface area contributed by atoms with Crippen molar-refractivity contribution < 1.29 is 14.3 Å². The summed E-state index contributed by atoms with van der Waals surface area (Å²) in [4.78, 5) is 35.4. The molecule has 0 spiro atoms. The second kappa shape index (κ2) is 9.52. The van der Waals surface area contributed by atoms with Crippen molar-refractivity contribution in [2.45, 2.75) is 20.4 Å². The number of amides is 2. The van der Waals surface area contributed by atoms with Gasteiger partial charge in [0.05, 0.1) is 24.4 Å². The van der Waals surface area contributed by atoms with Crippen LogP contribution in [0.2, 0.25) is 0 Å². The number of rotatable bonds is 5. The number of piperazine rings is 1. The van der Waals surface area contributed by atoms with E-state index < -0.39 is 5.97 Å². The van der Waals surface area contributed by atoms with E-state index >= 15 is 0 Å². The first kappa shape index (κ1) is 20.8. The summed E-state index contributed by atoms with van der Waals surface area (Å²) in [6, 6.07) is 11.3. The number of ether oxygens (including phenoxy) is 1. The minimum Gasteiger partial charge on any atom is -0.462 e. The Morgan fingerprint density at radius 1 is 1.07 bits per heavy atom. The van der Waals surface area contributed by atoms with Crippen molar-refractivity contribution in [3.63, 3.8) is 0 Å². The van der Waals surface area contributed by atoms with Gasteiger partial charge in [-0.25, -0.2) is 9.59 Å². The van der Waals surface area contributed by atoms with E-state index in [1.165, 1.54) is 6.20 Å². The van der Waals surface area contributed by atoms with Crippen LogP contribution < -0.4 is 4.90 Å². The maximum absolute atomic E-state index is 13.3. The second-order valence-electron chi connectivity index (χ2n) is 7.25. The molecular formula is C22H28N4O3. The minimum atomic E-state index is -0.393. The molecule has 3 rings (SSSR count). The molecule has 2 amide bonds. The maximum Gasteiger partial charge on any atom is 0.339 e. The largest absolute Gasteiger partial charge is 0.462 e. The lowest BCUT2D eigenvalue weighted by Gasteiger charge is -2.36. The van der Waals surface area contributed by atoms with Gasteiger partial charge >= 0.3 is 12.0 Å². The maximum atomic E-state index is 13.3. The Balaban J connectivity index is 1.80. The Kier molecular flexibility index (Phi) is 6.82. The summed E-state index contributed by atoms with van der Waals surface area (Å²) in [6.07, 6.45) is 1.50. The smallest absolute Gasteiger partial charge is 0.339 e. The first-order valence-corrected chi connectivity index (χ1v) is 9.91. The zero-order valence-electron chi connectivity index (χ0n) is 17.3. The Bertz CT molecular complexity index is 828. The van der Waals surface area contributed by atoms with E-state index in [0.29, 0.717) is 37.5 Å². The zero-order valence-corrected chi connectivity index (χ0v) is 17.3. The molecule has 0 aliphatic carbocycles. The summed E-state index contributed by atoms with van der Waals surface area (Å²) < 4.78 is 5.00. The molecule has 2 aromatic rings. The standard InChI is InChI=1S/C22H28N4O3/c1-4-29-21(27)18-7-8-19(23-15-18)16-26(20-9-5-17(2)6-10-20)22(28)25-13-11-24(3)12-14-25/h5-10,15H,4,11-14,16H2,1-3H3. The van der Waals surface area contributed by atoms with Gasteiger partial charge in [0.15, 0.2) is 0 Å². The fraction of sp³-hybridized carbons (Fsp3) is 0.409. The highest BCUT2D eigenvalue weighted by molar-refractivity contribution is 5.92. The van der Waals surface area contributed by atoms with Gasteiger partial charge in [-0.3, -0.25) is 9.88 Å². The van der Waals surface area contributed by atoms with Gasteiger partial charge in [0, 0.05) is 38.1 Å².